The van der Waals surface area contributed by atoms with Gasteiger partial charge in [0.15, 0.2) is 0 Å². The van der Waals surface area contributed by atoms with E-state index < -0.39 is 39.3 Å². The third-order valence-electron chi connectivity index (χ3n) is 8.09. The zero-order valence-corrected chi connectivity index (χ0v) is 26.6. The van der Waals surface area contributed by atoms with Crippen molar-refractivity contribution in [2.45, 2.75) is 82.3 Å². The summed E-state index contributed by atoms with van der Waals surface area (Å²) >= 11 is 6.68. The molecule has 43 heavy (non-hydrogen) atoms. The van der Waals surface area contributed by atoms with E-state index in [-0.39, 0.29) is 12.0 Å². The lowest BCUT2D eigenvalue weighted by molar-refractivity contribution is -0.140. The van der Waals surface area contributed by atoms with Crippen LogP contribution in [0, 0.1) is 0 Å². The number of sulfonamides is 1. The van der Waals surface area contributed by atoms with Crippen molar-refractivity contribution < 1.29 is 31.1 Å². The van der Waals surface area contributed by atoms with Crippen LogP contribution in [0.2, 0.25) is 5.02 Å². The fourth-order valence-corrected chi connectivity index (χ4v) is 7.19. The molecule has 10 nitrogen and oxygen atoms in total. The molecule has 2 fully saturated rings. The van der Waals surface area contributed by atoms with Gasteiger partial charge in [0.05, 0.1) is 24.6 Å². The van der Waals surface area contributed by atoms with E-state index in [0.29, 0.717) is 54.4 Å². The van der Waals surface area contributed by atoms with E-state index in [1.165, 1.54) is 7.11 Å². The van der Waals surface area contributed by atoms with Crippen molar-refractivity contribution in [1.29, 1.82) is 0 Å². The molecule has 1 aromatic carbocycles. The average Bonchev–Trinajstić information content (AvgIpc) is 2.90. The van der Waals surface area contributed by atoms with Gasteiger partial charge in [0.2, 0.25) is 21.9 Å². The highest BCUT2D eigenvalue weighted by atomic mass is 35.5. The van der Waals surface area contributed by atoms with Crippen LogP contribution in [0.15, 0.2) is 18.3 Å². The van der Waals surface area contributed by atoms with Crippen molar-refractivity contribution in [2.24, 2.45) is 0 Å². The molecule has 2 aliphatic rings. The highest BCUT2D eigenvalue weighted by Crippen LogP contribution is 2.40. The van der Waals surface area contributed by atoms with E-state index in [2.05, 4.69) is 37.3 Å². The van der Waals surface area contributed by atoms with Gasteiger partial charge in [-0.25, -0.2) is 18.1 Å². The third kappa shape index (κ3) is 8.62. The van der Waals surface area contributed by atoms with Gasteiger partial charge in [-0.05, 0) is 83.8 Å². The molecule has 1 saturated carbocycles. The van der Waals surface area contributed by atoms with Crippen LogP contribution >= 0.6 is 11.6 Å². The van der Waals surface area contributed by atoms with Crippen molar-refractivity contribution in [1.82, 2.24) is 24.9 Å². The first-order valence-electron chi connectivity index (χ1n) is 14.3. The number of hydrogen-bond donors (Lipinski definition) is 3. The van der Waals surface area contributed by atoms with Crippen LogP contribution in [0.1, 0.15) is 69.5 Å². The van der Waals surface area contributed by atoms with Gasteiger partial charge < -0.3 is 25.0 Å². The van der Waals surface area contributed by atoms with Gasteiger partial charge in [-0.15, -0.1) is 0 Å². The number of likely N-dealkylation sites (tertiary alicyclic amines) is 1. The Morgan fingerprint density at radius 3 is 2.51 bits per heavy atom. The Hall–Kier alpha value is -2.39. The molecule has 1 saturated heterocycles. The molecular formula is C28H40ClF3N6O4S. The van der Waals surface area contributed by atoms with Gasteiger partial charge in [0.1, 0.15) is 17.4 Å². The SMILES string of the molecule is COc1cc(C(C)NC2CCN(C)CC2)c(Cl)cc1Nc1ncc(C(F)(F)F)c(OC2CCCCC2(C)NS(C)(=O)=O)n1. The molecule has 3 unspecified atom stereocenters. The monoisotopic (exact) mass is 648 g/mol. The van der Waals surface area contributed by atoms with Gasteiger partial charge in [0, 0.05) is 23.3 Å². The number of nitrogens with one attached hydrogen (secondary N) is 3. The average molecular weight is 649 g/mol. The molecule has 3 N–H and O–H groups in total. The van der Waals surface area contributed by atoms with E-state index in [9.17, 15) is 21.6 Å². The number of benzene rings is 1. The number of aromatic nitrogens is 2. The normalized spacial score (nSPS) is 23.1. The zero-order valence-electron chi connectivity index (χ0n) is 25.0. The lowest BCUT2D eigenvalue weighted by atomic mass is 9.81. The number of ether oxygens (including phenoxy) is 2. The van der Waals surface area contributed by atoms with Crippen LogP contribution in [0.5, 0.6) is 11.6 Å². The summed E-state index contributed by atoms with van der Waals surface area (Å²) in [7, 11) is -0.0740. The second-order valence-corrected chi connectivity index (χ2v) is 13.9. The Labute approximate surface area is 256 Å². The largest absolute Gasteiger partial charge is 0.495 e. The predicted octanol–water partition coefficient (Wildman–Crippen LogP) is 5.28. The maximum absolute atomic E-state index is 14.0. The number of piperidine rings is 1. The number of anilines is 2. The van der Waals surface area contributed by atoms with Crippen LogP contribution in [-0.2, 0) is 16.2 Å². The third-order valence-corrected chi connectivity index (χ3v) is 9.26. The molecule has 2 aromatic rings. The van der Waals surface area contributed by atoms with Crippen molar-refractivity contribution in [3.8, 4) is 11.6 Å². The number of methoxy groups -OCH3 is 1. The summed E-state index contributed by atoms with van der Waals surface area (Å²) in [6, 6.07) is 3.68. The molecule has 15 heteroatoms. The first kappa shape index (κ1) is 33.5. The molecule has 0 spiro atoms. The second-order valence-electron chi connectivity index (χ2n) is 11.7. The molecule has 0 radical (unpaired) electrons. The van der Waals surface area contributed by atoms with Gasteiger partial charge in [-0.3, -0.25) is 0 Å². The second kappa shape index (κ2) is 13.3. The van der Waals surface area contributed by atoms with Crippen molar-refractivity contribution in [3.63, 3.8) is 0 Å². The molecule has 1 aliphatic heterocycles. The van der Waals surface area contributed by atoms with Crippen molar-refractivity contribution in [3.05, 3.63) is 34.5 Å². The van der Waals surface area contributed by atoms with E-state index >= 15 is 0 Å². The van der Waals surface area contributed by atoms with Gasteiger partial charge in [-0.2, -0.15) is 18.2 Å². The Balaban J connectivity index is 1.60. The highest BCUT2D eigenvalue weighted by molar-refractivity contribution is 7.88. The summed E-state index contributed by atoms with van der Waals surface area (Å²) in [5.41, 5.74) is -1.11. The summed E-state index contributed by atoms with van der Waals surface area (Å²) in [5, 5.41) is 6.98. The van der Waals surface area contributed by atoms with E-state index in [0.717, 1.165) is 37.8 Å². The van der Waals surface area contributed by atoms with Gasteiger partial charge in [0.25, 0.3) is 0 Å². The van der Waals surface area contributed by atoms with E-state index in [1.54, 1.807) is 19.1 Å². The molecule has 4 rings (SSSR count). The first-order valence-corrected chi connectivity index (χ1v) is 16.5. The standard InChI is InChI=1S/C28H40ClF3N6O4S/c1-17(34-18-9-12-38(3)13-10-18)19-14-23(41-4)22(15-21(19)29)35-26-33-16-20(28(30,31)32)25(36-26)42-24-8-6-7-11-27(24,2)37-43(5,39)40/h14-18,24,34,37H,6-13H2,1-5H3,(H,33,35,36). The number of alkyl halides is 3. The summed E-state index contributed by atoms with van der Waals surface area (Å²) in [5.74, 6) is -0.466. The number of rotatable bonds is 10. The molecular weight excluding hydrogens is 609 g/mol. The highest BCUT2D eigenvalue weighted by Gasteiger charge is 2.43. The molecule has 240 valence electrons. The smallest absolute Gasteiger partial charge is 0.423 e. The van der Waals surface area contributed by atoms with E-state index in [1.807, 2.05) is 6.92 Å². The first-order chi connectivity index (χ1) is 20.1. The van der Waals surface area contributed by atoms with Crippen LogP contribution < -0.4 is 24.8 Å². The molecule has 3 atom stereocenters. The Morgan fingerprint density at radius 1 is 1.19 bits per heavy atom. The minimum absolute atomic E-state index is 0.0727. The minimum Gasteiger partial charge on any atom is -0.495 e. The number of halogens is 4. The Kier molecular flexibility index (Phi) is 10.4. The van der Waals surface area contributed by atoms with Gasteiger partial charge >= 0.3 is 6.18 Å². The number of nitrogens with zero attached hydrogens (tertiary/aromatic N) is 3. The van der Waals surface area contributed by atoms with Crippen LogP contribution in [-0.4, -0.2) is 74.5 Å². The number of hydrogen-bond acceptors (Lipinski definition) is 9. The summed E-state index contributed by atoms with van der Waals surface area (Å²) in [4.78, 5) is 10.3. The van der Waals surface area contributed by atoms with E-state index in [4.69, 9.17) is 21.1 Å². The maximum Gasteiger partial charge on any atom is 0.423 e. The molecule has 2 heterocycles. The lowest BCUT2D eigenvalue weighted by Gasteiger charge is -2.41. The van der Waals surface area contributed by atoms with Crippen LogP contribution in [0.25, 0.3) is 0 Å². The molecule has 1 aliphatic carbocycles. The van der Waals surface area contributed by atoms with Crippen molar-refractivity contribution in [2.75, 3.05) is 38.8 Å². The predicted molar refractivity (Wildman–Crippen MR) is 160 cm³/mol. The Morgan fingerprint density at radius 2 is 1.88 bits per heavy atom. The Bertz CT molecular complexity index is 1390. The summed E-state index contributed by atoms with van der Waals surface area (Å²) in [6.45, 7) is 5.67. The van der Waals surface area contributed by atoms with Crippen LogP contribution in [0.3, 0.4) is 0 Å². The quantitative estimate of drug-likeness (QED) is 0.317. The van der Waals surface area contributed by atoms with Gasteiger partial charge in [-0.1, -0.05) is 18.0 Å². The molecule has 1 aromatic heterocycles. The molecule has 0 bridgehead atoms. The topological polar surface area (TPSA) is 118 Å². The fourth-order valence-electron chi connectivity index (χ4n) is 5.78. The minimum atomic E-state index is -4.80. The maximum atomic E-state index is 14.0. The fraction of sp³-hybridized carbons (Fsp3) is 0.643. The van der Waals surface area contributed by atoms with Crippen molar-refractivity contribution >= 4 is 33.3 Å². The summed E-state index contributed by atoms with van der Waals surface area (Å²) < 4.78 is 80.0. The summed E-state index contributed by atoms with van der Waals surface area (Å²) in [6.07, 6.45) is 0.112. The zero-order chi connectivity index (χ0) is 31.6. The molecule has 0 amide bonds. The lowest BCUT2D eigenvalue weighted by Crippen LogP contribution is -2.57. The van der Waals surface area contributed by atoms with Crippen LogP contribution in [0.4, 0.5) is 24.8 Å².